The molecule has 1 aliphatic rings. The zero-order valence-corrected chi connectivity index (χ0v) is 12.3. The Balaban J connectivity index is 1.79. The molecule has 1 saturated heterocycles. The number of halogens is 1. The average molecular weight is 281 g/mol. The van der Waals surface area contributed by atoms with Gasteiger partial charge in [-0.15, -0.1) is 0 Å². The highest BCUT2D eigenvalue weighted by atomic mass is 19.1. The molecule has 0 amide bonds. The minimum Gasteiger partial charge on any atom is -0.311 e. The second kappa shape index (κ2) is 7.69. The highest BCUT2D eigenvalue weighted by Crippen LogP contribution is 2.10. The summed E-state index contributed by atoms with van der Waals surface area (Å²) < 4.78 is 12.9. The molecule has 0 aliphatic carbocycles. The molecule has 1 aromatic rings. The van der Waals surface area contributed by atoms with E-state index in [-0.39, 0.29) is 5.82 Å². The fourth-order valence-corrected chi connectivity index (χ4v) is 2.51. The molecule has 112 valence electrons. The number of piperazine rings is 1. The molecule has 0 saturated carbocycles. The number of hydroxylamine groups is 2. The molecule has 1 fully saturated rings. The van der Waals surface area contributed by atoms with Crippen molar-refractivity contribution in [3.63, 3.8) is 0 Å². The molecule has 1 atom stereocenters. The fourth-order valence-electron chi connectivity index (χ4n) is 2.51. The minimum absolute atomic E-state index is 0.172. The first kappa shape index (κ1) is 15.4. The maximum absolute atomic E-state index is 12.9. The molecular formula is C15H24FN3O. The quantitative estimate of drug-likeness (QED) is 0.800. The number of nitrogens with one attached hydrogen (secondary N) is 1. The third-order valence-corrected chi connectivity index (χ3v) is 3.76. The van der Waals surface area contributed by atoms with Crippen LogP contribution in [0.3, 0.4) is 0 Å². The summed E-state index contributed by atoms with van der Waals surface area (Å²) in [6.07, 6.45) is 1.06. The summed E-state index contributed by atoms with van der Waals surface area (Å²) in [6, 6.07) is 7.28. The molecular weight excluding hydrogens is 257 g/mol. The second-order valence-electron chi connectivity index (χ2n) is 5.34. The molecule has 1 N–H and O–H groups in total. The van der Waals surface area contributed by atoms with Gasteiger partial charge >= 0.3 is 0 Å². The van der Waals surface area contributed by atoms with Gasteiger partial charge in [-0.05, 0) is 24.1 Å². The first-order valence-electron chi connectivity index (χ1n) is 7.13. The van der Waals surface area contributed by atoms with Gasteiger partial charge in [0.1, 0.15) is 5.82 Å². The first-order valence-corrected chi connectivity index (χ1v) is 7.13. The average Bonchev–Trinajstić information content (AvgIpc) is 2.47. The molecule has 1 heterocycles. The van der Waals surface area contributed by atoms with Crippen molar-refractivity contribution in [1.82, 2.24) is 15.3 Å². The maximum Gasteiger partial charge on any atom is 0.123 e. The number of rotatable bonds is 6. The summed E-state index contributed by atoms with van der Waals surface area (Å²) in [5.41, 5.74) is 1.17. The van der Waals surface area contributed by atoms with Crippen molar-refractivity contribution in [3.8, 4) is 0 Å². The molecule has 0 spiro atoms. The minimum atomic E-state index is -0.172. The van der Waals surface area contributed by atoms with Crippen molar-refractivity contribution in [2.75, 3.05) is 40.3 Å². The van der Waals surface area contributed by atoms with Crippen LogP contribution >= 0.6 is 0 Å². The lowest BCUT2D eigenvalue weighted by Gasteiger charge is -2.34. The summed E-state index contributed by atoms with van der Waals surface area (Å²) in [4.78, 5) is 7.55. The third-order valence-electron chi connectivity index (χ3n) is 3.76. The van der Waals surface area contributed by atoms with Gasteiger partial charge in [0.25, 0.3) is 0 Å². The lowest BCUT2D eigenvalue weighted by Crippen LogP contribution is -2.51. The SMILES string of the molecule is CON(C)CCC1CN(Cc2ccc(F)cc2)CCN1. The maximum atomic E-state index is 12.9. The predicted molar refractivity (Wildman–Crippen MR) is 77.7 cm³/mol. The van der Waals surface area contributed by atoms with Gasteiger partial charge in [0.15, 0.2) is 0 Å². The standard InChI is InChI=1S/C15H24FN3O/c1-18(20-2)9-7-15-12-19(10-8-17-15)11-13-3-5-14(16)6-4-13/h3-6,15,17H,7-12H2,1-2H3. The molecule has 4 nitrogen and oxygen atoms in total. The van der Waals surface area contributed by atoms with Gasteiger partial charge in [0.05, 0.1) is 7.11 Å². The Labute approximate surface area is 120 Å². The monoisotopic (exact) mass is 281 g/mol. The first-order chi connectivity index (χ1) is 9.67. The Morgan fingerprint density at radius 1 is 1.40 bits per heavy atom. The van der Waals surface area contributed by atoms with Gasteiger partial charge < -0.3 is 10.2 Å². The number of nitrogens with zero attached hydrogens (tertiary/aromatic N) is 2. The normalized spacial score (nSPS) is 20.5. The summed E-state index contributed by atoms with van der Waals surface area (Å²) in [5.74, 6) is -0.172. The van der Waals surface area contributed by atoms with E-state index in [1.165, 1.54) is 17.7 Å². The van der Waals surface area contributed by atoms with Gasteiger partial charge in [-0.2, -0.15) is 5.06 Å². The van der Waals surface area contributed by atoms with Crippen LogP contribution in [0.5, 0.6) is 0 Å². The largest absolute Gasteiger partial charge is 0.311 e. The van der Waals surface area contributed by atoms with Crippen molar-refractivity contribution in [1.29, 1.82) is 0 Å². The molecule has 1 aromatic carbocycles. The molecule has 1 aliphatic heterocycles. The Bertz CT molecular complexity index is 399. The lowest BCUT2D eigenvalue weighted by molar-refractivity contribution is -0.111. The summed E-state index contributed by atoms with van der Waals surface area (Å²) in [5, 5.41) is 5.39. The Morgan fingerprint density at radius 3 is 2.85 bits per heavy atom. The van der Waals surface area contributed by atoms with E-state index in [1.54, 1.807) is 7.11 Å². The van der Waals surface area contributed by atoms with Crippen LogP contribution in [0.1, 0.15) is 12.0 Å². The summed E-state index contributed by atoms with van der Waals surface area (Å²) in [7, 11) is 3.63. The molecule has 5 heteroatoms. The van der Waals surface area contributed by atoms with Gasteiger partial charge in [-0.3, -0.25) is 4.90 Å². The third kappa shape index (κ3) is 4.83. The Hall–Kier alpha value is -1.01. The van der Waals surface area contributed by atoms with E-state index in [9.17, 15) is 4.39 Å². The van der Waals surface area contributed by atoms with Crippen molar-refractivity contribution < 1.29 is 9.23 Å². The lowest BCUT2D eigenvalue weighted by atomic mass is 10.1. The van der Waals surface area contributed by atoms with Crippen LogP contribution in [-0.2, 0) is 11.4 Å². The van der Waals surface area contributed by atoms with Gasteiger partial charge in [0, 0.05) is 45.8 Å². The molecule has 0 aromatic heterocycles. The fraction of sp³-hybridized carbons (Fsp3) is 0.600. The van der Waals surface area contributed by atoms with E-state index in [1.807, 2.05) is 24.2 Å². The van der Waals surface area contributed by atoms with Crippen LogP contribution in [0.4, 0.5) is 4.39 Å². The topological polar surface area (TPSA) is 27.7 Å². The molecule has 0 bridgehead atoms. The summed E-state index contributed by atoms with van der Waals surface area (Å²) in [6.45, 7) is 4.86. The van der Waals surface area contributed by atoms with E-state index in [0.29, 0.717) is 6.04 Å². The van der Waals surface area contributed by atoms with E-state index >= 15 is 0 Å². The van der Waals surface area contributed by atoms with E-state index in [2.05, 4.69) is 10.2 Å². The van der Waals surface area contributed by atoms with E-state index in [0.717, 1.165) is 39.1 Å². The van der Waals surface area contributed by atoms with Crippen LogP contribution < -0.4 is 5.32 Å². The van der Waals surface area contributed by atoms with Crippen LogP contribution in [0, 0.1) is 5.82 Å². The van der Waals surface area contributed by atoms with Crippen LogP contribution in [-0.4, -0.2) is 56.3 Å². The van der Waals surface area contributed by atoms with E-state index in [4.69, 9.17) is 4.84 Å². The van der Waals surface area contributed by atoms with Crippen molar-refractivity contribution in [2.24, 2.45) is 0 Å². The molecule has 0 radical (unpaired) electrons. The Morgan fingerprint density at radius 2 is 2.15 bits per heavy atom. The second-order valence-corrected chi connectivity index (χ2v) is 5.34. The van der Waals surface area contributed by atoms with Crippen LogP contribution in [0.2, 0.25) is 0 Å². The zero-order chi connectivity index (χ0) is 14.4. The van der Waals surface area contributed by atoms with Gasteiger partial charge in [0.2, 0.25) is 0 Å². The van der Waals surface area contributed by atoms with Crippen molar-refractivity contribution in [3.05, 3.63) is 35.6 Å². The van der Waals surface area contributed by atoms with Crippen molar-refractivity contribution in [2.45, 2.75) is 19.0 Å². The van der Waals surface area contributed by atoms with Crippen LogP contribution in [0.25, 0.3) is 0 Å². The van der Waals surface area contributed by atoms with Crippen LogP contribution in [0.15, 0.2) is 24.3 Å². The van der Waals surface area contributed by atoms with Gasteiger partial charge in [-0.1, -0.05) is 12.1 Å². The summed E-state index contributed by atoms with van der Waals surface area (Å²) >= 11 is 0. The molecule has 1 unspecified atom stereocenters. The number of benzene rings is 1. The molecule has 20 heavy (non-hydrogen) atoms. The van der Waals surface area contributed by atoms with Crippen molar-refractivity contribution >= 4 is 0 Å². The highest BCUT2D eigenvalue weighted by molar-refractivity contribution is 5.16. The van der Waals surface area contributed by atoms with E-state index < -0.39 is 0 Å². The number of hydrogen-bond donors (Lipinski definition) is 1. The Kier molecular flexibility index (Phi) is 5.91. The van der Waals surface area contributed by atoms with Gasteiger partial charge in [-0.25, -0.2) is 4.39 Å². The smallest absolute Gasteiger partial charge is 0.123 e. The molecule has 2 rings (SSSR count). The number of hydrogen-bond acceptors (Lipinski definition) is 4. The predicted octanol–water partition coefficient (Wildman–Crippen LogP) is 1.48. The highest BCUT2D eigenvalue weighted by Gasteiger charge is 2.19. The zero-order valence-electron chi connectivity index (χ0n) is 12.3.